The minimum Gasteiger partial charge on any atom is -0.507 e. The van der Waals surface area contributed by atoms with Gasteiger partial charge in [-0.25, -0.2) is 0 Å². The Morgan fingerprint density at radius 2 is 2.00 bits per heavy atom. The Morgan fingerprint density at radius 3 is 2.59 bits per heavy atom. The Hall–Kier alpha value is -1.62. The Morgan fingerprint density at radius 1 is 1.35 bits per heavy atom. The molecule has 0 radical (unpaired) electrons. The van der Waals surface area contributed by atoms with E-state index in [2.05, 4.69) is 15.8 Å². The molecule has 0 atom stereocenters. The third kappa shape index (κ3) is 5.31. The highest BCUT2D eigenvalue weighted by atomic mass is 32.1. The molecule has 17 heavy (non-hydrogen) atoms. The largest absolute Gasteiger partial charge is 0.507 e. The van der Waals surface area contributed by atoms with Crippen LogP contribution in [0.15, 0.2) is 29.4 Å². The van der Waals surface area contributed by atoms with Crippen molar-refractivity contribution in [3.8, 4) is 5.75 Å². The lowest BCUT2D eigenvalue weighted by Crippen LogP contribution is -2.44. The Bertz CT molecular complexity index is 424. The number of hydrogen-bond donors (Lipinski definition) is 3. The number of hydrogen-bond acceptors (Lipinski definition) is 3. The molecule has 0 unspecified atom stereocenters. The Balaban J connectivity index is 2.51. The molecule has 0 saturated heterocycles. The SMILES string of the molecule is CC(C)(C)NC(=S)N/N=C\c1ccccc1O. The van der Waals surface area contributed by atoms with Crippen LogP contribution in [0.3, 0.4) is 0 Å². The fraction of sp³-hybridized carbons (Fsp3) is 0.333. The summed E-state index contributed by atoms with van der Waals surface area (Å²) in [5.74, 6) is 0.188. The summed E-state index contributed by atoms with van der Waals surface area (Å²) in [6.07, 6.45) is 1.52. The summed E-state index contributed by atoms with van der Waals surface area (Å²) in [7, 11) is 0. The number of benzene rings is 1. The van der Waals surface area contributed by atoms with Gasteiger partial charge in [-0.1, -0.05) is 12.1 Å². The third-order valence-corrected chi connectivity index (χ3v) is 1.99. The fourth-order valence-corrected chi connectivity index (χ4v) is 1.48. The van der Waals surface area contributed by atoms with Crippen LogP contribution in [0.4, 0.5) is 0 Å². The number of phenolic OH excluding ortho intramolecular Hbond substituents is 1. The number of phenols is 1. The number of rotatable bonds is 2. The Labute approximate surface area is 107 Å². The second kappa shape index (κ2) is 5.63. The first kappa shape index (κ1) is 13.4. The molecule has 92 valence electrons. The highest BCUT2D eigenvalue weighted by Gasteiger charge is 2.09. The van der Waals surface area contributed by atoms with Crippen molar-refractivity contribution in [2.45, 2.75) is 26.3 Å². The second-order valence-electron chi connectivity index (χ2n) is 4.63. The molecule has 0 aliphatic carbocycles. The van der Waals surface area contributed by atoms with Gasteiger partial charge in [-0.2, -0.15) is 5.10 Å². The molecule has 3 N–H and O–H groups in total. The molecular formula is C12H17N3OS. The molecule has 1 rings (SSSR count). The van der Waals surface area contributed by atoms with E-state index in [-0.39, 0.29) is 11.3 Å². The maximum absolute atomic E-state index is 9.49. The van der Waals surface area contributed by atoms with Crippen LogP contribution in [-0.2, 0) is 0 Å². The first-order valence-electron chi connectivity index (χ1n) is 5.28. The van der Waals surface area contributed by atoms with Crippen LogP contribution in [0.2, 0.25) is 0 Å². The number of para-hydroxylation sites is 1. The molecule has 0 aliphatic heterocycles. The number of thiocarbonyl (C=S) groups is 1. The average molecular weight is 251 g/mol. The standard InChI is InChI=1S/C12H17N3OS/c1-12(2,3)14-11(17)15-13-8-9-6-4-5-7-10(9)16/h4-8,16H,1-3H3,(H2,14,15,17)/b13-8-. The quantitative estimate of drug-likeness (QED) is 0.427. The lowest BCUT2D eigenvalue weighted by molar-refractivity contribution is 0.474. The molecule has 0 spiro atoms. The predicted octanol–water partition coefficient (Wildman–Crippen LogP) is 1.99. The van der Waals surface area contributed by atoms with E-state index in [1.165, 1.54) is 6.21 Å². The summed E-state index contributed by atoms with van der Waals surface area (Å²) in [6.45, 7) is 6.02. The van der Waals surface area contributed by atoms with Gasteiger partial charge in [0.05, 0.1) is 6.21 Å². The van der Waals surface area contributed by atoms with E-state index in [9.17, 15) is 5.11 Å². The number of nitrogens with one attached hydrogen (secondary N) is 2. The lowest BCUT2D eigenvalue weighted by Gasteiger charge is -2.21. The summed E-state index contributed by atoms with van der Waals surface area (Å²) in [5, 5.41) is 17.0. The van der Waals surface area contributed by atoms with Crippen LogP contribution in [0.25, 0.3) is 0 Å². The van der Waals surface area contributed by atoms with Gasteiger partial charge in [0.15, 0.2) is 5.11 Å². The summed E-state index contributed by atoms with van der Waals surface area (Å²) < 4.78 is 0. The zero-order valence-corrected chi connectivity index (χ0v) is 11.0. The fourth-order valence-electron chi connectivity index (χ4n) is 1.13. The van der Waals surface area contributed by atoms with E-state index in [1.54, 1.807) is 18.2 Å². The van der Waals surface area contributed by atoms with Crippen molar-refractivity contribution in [2.24, 2.45) is 5.10 Å². The second-order valence-corrected chi connectivity index (χ2v) is 5.04. The first-order valence-corrected chi connectivity index (χ1v) is 5.68. The van der Waals surface area contributed by atoms with Crippen molar-refractivity contribution in [3.63, 3.8) is 0 Å². The van der Waals surface area contributed by atoms with Crippen LogP contribution in [0.1, 0.15) is 26.3 Å². The zero-order chi connectivity index (χ0) is 12.9. The average Bonchev–Trinajstić information content (AvgIpc) is 2.18. The van der Waals surface area contributed by atoms with Crippen molar-refractivity contribution in [3.05, 3.63) is 29.8 Å². The van der Waals surface area contributed by atoms with Crippen LogP contribution >= 0.6 is 12.2 Å². The summed E-state index contributed by atoms with van der Waals surface area (Å²) >= 11 is 5.05. The van der Waals surface area contributed by atoms with Crippen molar-refractivity contribution < 1.29 is 5.11 Å². The molecule has 5 heteroatoms. The smallest absolute Gasteiger partial charge is 0.187 e. The predicted molar refractivity (Wildman–Crippen MR) is 74.3 cm³/mol. The molecule has 0 saturated carbocycles. The topological polar surface area (TPSA) is 56.7 Å². The van der Waals surface area contributed by atoms with Gasteiger partial charge in [-0.3, -0.25) is 5.43 Å². The van der Waals surface area contributed by atoms with E-state index in [0.29, 0.717) is 10.7 Å². The summed E-state index contributed by atoms with van der Waals surface area (Å²) in [5.41, 5.74) is 3.23. The maximum atomic E-state index is 9.49. The number of aromatic hydroxyl groups is 1. The van der Waals surface area contributed by atoms with Crippen molar-refractivity contribution in [2.75, 3.05) is 0 Å². The third-order valence-electron chi connectivity index (χ3n) is 1.80. The molecule has 0 bridgehead atoms. The molecular weight excluding hydrogens is 234 g/mol. The highest BCUT2D eigenvalue weighted by molar-refractivity contribution is 7.80. The van der Waals surface area contributed by atoms with E-state index < -0.39 is 0 Å². The Kier molecular flexibility index (Phi) is 4.45. The van der Waals surface area contributed by atoms with Gasteiger partial charge in [-0.05, 0) is 45.1 Å². The minimum atomic E-state index is -0.103. The molecule has 1 aromatic rings. The van der Waals surface area contributed by atoms with Crippen LogP contribution in [0.5, 0.6) is 5.75 Å². The summed E-state index contributed by atoms with van der Waals surface area (Å²) in [6, 6.07) is 6.95. The first-order chi connectivity index (χ1) is 7.88. The molecule has 0 heterocycles. The van der Waals surface area contributed by atoms with E-state index in [1.807, 2.05) is 26.8 Å². The van der Waals surface area contributed by atoms with Gasteiger partial charge in [0.25, 0.3) is 0 Å². The number of hydrazone groups is 1. The molecule has 0 amide bonds. The zero-order valence-electron chi connectivity index (χ0n) is 10.2. The van der Waals surface area contributed by atoms with Gasteiger partial charge >= 0.3 is 0 Å². The lowest BCUT2D eigenvalue weighted by atomic mass is 10.1. The monoisotopic (exact) mass is 251 g/mol. The van der Waals surface area contributed by atoms with Crippen molar-refractivity contribution in [1.29, 1.82) is 0 Å². The summed E-state index contributed by atoms with van der Waals surface area (Å²) in [4.78, 5) is 0. The molecule has 0 aromatic heterocycles. The van der Waals surface area contributed by atoms with Gasteiger partial charge < -0.3 is 10.4 Å². The molecule has 0 fully saturated rings. The van der Waals surface area contributed by atoms with Crippen molar-refractivity contribution in [1.82, 2.24) is 10.7 Å². The number of nitrogens with zero attached hydrogens (tertiary/aromatic N) is 1. The van der Waals surface area contributed by atoms with Gasteiger partial charge in [0.2, 0.25) is 0 Å². The van der Waals surface area contributed by atoms with E-state index in [4.69, 9.17) is 12.2 Å². The maximum Gasteiger partial charge on any atom is 0.187 e. The normalized spacial score (nSPS) is 11.5. The van der Waals surface area contributed by atoms with Crippen LogP contribution < -0.4 is 10.7 Å². The minimum absolute atomic E-state index is 0.103. The van der Waals surface area contributed by atoms with Gasteiger partial charge in [0.1, 0.15) is 5.75 Å². The molecule has 0 aliphatic rings. The van der Waals surface area contributed by atoms with Gasteiger partial charge in [-0.15, -0.1) is 0 Å². The van der Waals surface area contributed by atoms with Crippen molar-refractivity contribution >= 4 is 23.5 Å². The van der Waals surface area contributed by atoms with E-state index >= 15 is 0 Å². The molecule has 1 aromatic carbocycles. The van der Waals surface area contributed by atoms with Crippen LogP contribution in [-0.4, -0.2) is 22.0 Å². The molecule has 4 nitrogen and oxygen atoms in total. The van der Waals surface area contributed by atoms with Gasteiger partial charge in [0, 0.05) is 11.1 Å². The van der Waals surface area contributed by atoms with E-state index in [0.717, 1.165) is 0 Å². The van der Waals surface area contributed by atoms with Crippen LogP contribution in [0, 0.1) is 0 Å². The highest BCUT2D eigenvalue weighted by Crippen LogP contribution is 2.12.